The largest absolute Gasteiger partial charge is 0.508 e. The molecule has 5 aromatic rings. The fourth-order valence-electron chi connectivity index (χ4n) is 9.22. The Morgan fingerprint density at radius 3 is 2.11 bits per heavy atom. The molecule has 4 aliphatic heterocycles. The number of thiophene rings is 1. The molecule has 0 radical (unpaired) electrons. The number of nitrogens with one attached hydrogen (secondary N) is 1. The predicted molar refractivity (Wildman–Crippen MR) is 236 cm³/mol. The number of phenols is 1. The average molecular weight is 857 g/mol. The van der Waals surface area contributed by atoms with Crippen LogP contribution in [0, 0.1) is 5.92 Å². The van der Waals surface area contributed by atoms with Gasteiger partial charge in [-0.1, -0.05) is 30.3 Å². The molecule has 3 saturated heterocycles. The van der Waals surface area contributed by atoms with Crippen molar-refractivity contribution in [3.05, 3.63) is 102 Å². The van der Waals surface area contributed by atoms with Crippen molar-refractivity contribution in [1.29, 1.82) is 0 Å². The summed E-state index contributed by atoms with van der Waals surface area (Å²) in [6, 6.07) is 24.4. The highest BCUT2D eigenvalue weighted by atomic mass is 32.1. The number of aromatic hydroxyl groups is 1. The molecule has 9 rings (SSSR count). The summed E-state index contributed by atoms with van der Waals surface area (Å²) in [6.07, 6.45) is 5.50. The van der Waals surface area contributed by atoms with E-state index in [1.54, 1.807) is 30.3 Å². The number of imide groups is 2. The van der Waals surface area contributed by atoms with Gasteiger partial charge in [-0.25, -0.2) is 0 Å². The van der Waals surface area contributed by atoms with E-state index in [0.717, 1.165) is 108 Å². The van der Waals surface area contributed by atoms with Crippen molar-refractivity contribution in [3.63, 3.8) is 0 Å². The maximum atomic E-state index is 13.3. The Bertz CT molecular complexity index is 2480. The first-order valence-corrected chi connectivity index (χ1v) is 22.3. The lowest BCUT2D eigenvalue weighted by Crippen LogP contribution is -2.54. The van der Waals surface area contributed by atoms with Crippen LogP contribution in [0.4, 0.5) is 0 Å². The van der Waals surface area contributed by atoms with Gasteiger partial charge in [0.15, 0.2) is 5.75 Å². The molecule has 4 N–H and O–H groups in total. The highest BCUT2D eigenvalue weighted by molar-refractivity contribution is 7.22. The van der Waals surface area contributed by atoms with Gasteiger partial charge in [-0.2, -0.15) is 0 Å². The highest BCUT2D eigenvalue weighted by Crippen LogP contribution is 2.47. The zero-order valence-corrected chi connectivity index (χ0v) is 35.1. The molecule has 320 valence electrons. The minimum atomic E-state index is -1.55. The molecule has 13 nitrogen and oxygen atoms in total. The Morgan fingerprint density at radius 1 is 0.742 bits per heavy atom. The zero-order valence-electron chi connectivity index (χ0n) is 34.3. The van der Waals surface area contributed by atoms with E-state index in [4.69, 9.17) is 9.47 Å². The smallest absolute Gasteiger partial charge is 0.488 e. The molecule has 62 heavy (non-hydrogen) atoms. The fraction of sp³-hybridized carbons (Fsp3) is 0.362. The molecule has 0 bridgehead atoms. The van der Waals surface area contributed by atoms with Gasteiger partial charge in [0.2, 0.25) is 11.8 Å². The molecule has 1 atom stereocenters. The molecule has 4 aromatic carbocycles. The molecular formula is C47H49BN4O9S. The number of benzene rings is 4. The number of carbonyl (C=O) groups excluding carboxylic acids is 4. The lowest BCUT2D eigenvalue weighted by Gasteiger charge is -2.34. The number of hydrogen-bond donors (Lipinski definition) is 4. The van der Waals surface area contributed by atoms with E-state index in [2.05, 4.69) is 15.1 Å². The average Bonchev–Trinajstić information content (AvgIpc) is 3.75. The van der Waals surface area contributed by atoms with Gasteiger partial charge in [0, 0.05) is 16.5 Å². The number of hydrogen-bond acceptors (Lipinski definition) is 12. The molecule has 5 heterocycles. The molecule has 15 heteroatoms. The third-order valence-corrected chi connectivity index (χ3v) is 14.0. The molecule has 0 saturated carbocycles. The van der Waals surface area contributed by atoms with E-state index in [0.29, 0.717) is 46.5 Å². The van der Waals surface area contributed by atoms with Crippen LogP contribution in [0.1, 0.15) is 77.1 Å². The summed E-state index contributed by atoms with van der Waals surface area (Å²) >= 11 is 1.50. The molecule has 4 amide bonds. The Morgan fingerprint density at radius 2 is 1.42 bits per heavy atom. The monoisotopic (exact) mass is 856 g/mol. The number of piperidine rings is 3. The standard InChI is InChI=1S/C47H49BN4O9S/c53-34-7-13-38-41(27-34)62-44(31-2-5-33(6-3-31)48(58)59)43(38)61-36-10-8-35(9-11-36)60-28-29-16-22-50(23-17-29)20-1-21-51-24-18-30(19-25-51)32-4-12-37-39(26-32)47(57)52(46(37)56)40-14-15-42(54)49-45(40)55/h2-13,26-27,29-30,40,53,58-59H,1,14-25,28H2,(H,49,54,55). The number of carbonyl (C=O) groups is 4. The SMILES string of the molecule is O=C1CCC(N2C(=O)c3ccc(C4CCN(CCCN5CCC(COc6ccc(Oc7c(-c8ccc(B(O)O)cc8)sc8cc(O)ccc78)cc6)CC5)CC4)cc3C2=O)C(=O)N1. The van der Waals surface area contributed by atoms with Gasteiger partial charge < -0.3 is 34.4 Å². The number of nitrogens with zero attached hydrogens (tertiary/aromatic N) is 3. The lowest BCUT2D eigenvalue weighted by atomic mass is 9.80. The number of amides is 4. The Kier molecular flexibility index (Phi) is 12.1. The summed E-state index contributed by atoms with van der Waals surface area (Å²) in [7, 11) is -1.55. The molecule has 0 aliphatic carbocycles. The van der Waals surface area contributed by atoms with Crippen molar-refractivity contribution in [2.24, 2.45) is 5.92 Å². The van der Waals surface area contributed by atoms with E-state index in [1.165, 1.54) is 11.3 Å². The van der Waals surface area contributed by atoms with Crippen LogP contribution in [-0.4, -0.2) is 113 Å². The third kappa shape index (κ3) is 8.86. The van der Waals surface area contributed by atoms with Crippen molar-refractivity contribution < 1.29 is 43.8 Å². The summed E-state index contributed by atoms with van der Waals surface area (Å²) < 4.78 is 13.6. The Balaban J connectivity index is 0.699. The number of ether oxygens (including phenoxy) is 2. The lowest BCUT2D eigenvalue weighted by molar-refractivity contribution is -0.136. The second kappa shape index (κ2) is 18.0. The number of rotatable bonds is 13. The Hall–Kier alpha value is -5.58. The van der Waals surface area contributed by atoms with E-state index in [9.17, 15) is 34.3 Å². The van der Waals surface area contributed by atoms with E-state index < -0.39 is 30.9 Å². The normalized spacial score (nSPS) is 19.3. The van der Waals surface area contributed by atoms with Crippen molar-refractivity contribution in [2.45, 2.75) is 56.9 Å². The first-order valence-electron chi connectivity index (χ1n) is 21.5. The van der Waals surface area contributed by atoms with Crippen molar-refractivity contribution >= 4 is 57.6 Å². The molecule has 3 fully saturated rings. The maximum Gasteiger partial charge on any atom is 0.488 e. The van der Waals surface area contributed by atoms with Gasteiger partial charge >= 0.3 is 7.12 Å². The minimum Gasteiger partial charge on any atom is -0.508 e. The van der Waals surface area contributed by atoms with Crippen LogP contribution in [0.3, 0.4) is 0 Å². The van der Waals surface area contributed by atoms with Crippen LogP contribution in [-0.2, 0) is 9.59 Å². The van der Waals surface area contributed by atoms with Gasteiger partial charge in [-0.3, -0.25) is 29.4 Å². The van der Waals surface area contributed by atoms with Gasteiger partial charge in [-0.15, -0.1) is 11.3 Å². The topological polar surface area (TPSA) is 169 Å². The van der Waals surface area contributed by atoms with Crippen molar-refractivity contribution in [2.75, 3.05) is 45.9 Å². The summed E-state index contributed by atoms with van der Waals surface area (Å²) in [5.41, 5.74) is 3.00. The zero-order chi connectivity index (χ0) is 42.9. The first-order chi connectivity index (χ1) is 30.1. The van der Waals surface area contributed by atoms with Crippen LogP contribution < -0.4 is 20.3 Å². The van der Waals surface area contributed by atoms with Crippen LogP contribution in [0.25, 0.3) is 20.5 Å². The number of fused-ring (bicyclic) bond motifs is 2. The molecule has 1 unspecified atom stereocenters. The summed E-state index contributed by atoms with van der Waals surface area (Å²) in [5.74, 6) is 1.18. The molecule has 4 aliphatic rings. The summed E-state index contributed by atoms with van der Waals surface area (Å²) in [5, 5.41) is 32.3. The van der Waals surface area contributed by atoms with Crippen LogP contribution in [0.5, 0.6) is 23.0 Å². The quantitative estimate of drug-likeness (QED) is 0.0871. The summed E-state index contributed by atoms with van der Waals surface area (Å²) in [4.78, 5) is 57.5. The van der Waals surface area contributed by atoms with Crippen LogP contribution in [0.2, 0.25) is 0 Å². The molecule has 1 aromatic heterocycles. The number of phenolic OH excluding ortho intramolecular Hbond substituents is 1. The Labute approximate surface area is 364 Å². The van der Waals surface area contributed by atoms with E-state index >= 15 is 0 Å². The van der Waals surface area contributed by atoms with E-state index in [1.807, 2.05) is 54.6 Å². The van der Waals surface area contributed by atoms with Crippen molar-refractivity contribution in [1.82, 2.24) is 20.0 Å². The van der Waals surface area contributed by atoms with Crippen LogP contribution in [0.15, 0.2) is 84.9 Å². The number of likely N-dealkylation sites (tertiary alicyclic amines) is 2. The van der Waals surface area contributed by atoms with Crippen molar-refractivity contribution in [3.8, 4) is 33.4 Å². The second-order valence-electron chi connectivity index (χ2n) is 16.8. The second-order valence-corrected chi connectivity index (χ2v) is 17.9. The van der Waals surface area contributed by atoms with Gasteiger partial charge in [0.05, 0.1) is 22.6 Å². The first kappa shape index (κ1) is 41.8. The third-order valence-electron chi connectivity index (χ3n) is 12.8. The highest BCUT2D eigenvalue weighted by Gasteiger charge is 2.45. The van der Waals surface area contributed by atoms with Gasteiger partial charge in [-0.05, 0) is 161 Å². The van der Waals surface area contributed by atoms with Gasteiger partial charge in [0.25, 0.3) is 11.8 Å². The predicted octanol–water partition coefficient (Wildman–Crippen LogP) is 5.51. The van der Waals surface area contributed by atoms with Crippen LogP contribution >= 0.6 is 11.3 Å². The maximum absolute atomic E-state index is 13.3. The van der Waals surface area contributed by atoms with E-state index in [-0.39, 0.29) is 24.5 Å². The summed E-state index contributed by atoms with van der Waals surface area (Å²) in [6.45, 7) is 6.85. The fourth-order valence-corrected chi connectivity index (χ4v) is 10.4. The minimum absolute atomic E-state index is 0.102. The van der Waals surface area contributed by atoms with Gasteiger partial charge in [0.1, 0.15) is 23.3 Å². The molecule has 0 spiro atoms. The molecular weight excluding hydrogens is 807 g/mol.